The Morgan fingerprint density at radius 3 is 2.44 bits per heavy atom. The number of amides is 1. The molecule has 1 amide bonds. The van der Waals surface area contributed by atoms with E-state index in [-0.39, 0.29) is 18.2 Å². The van der Waals surface area contributed by atoms with Crippen LogP contribution < -0.4 is 10.1 Å². The van der Waals surface area contributed by atoms with Crippen LogP contribution in [0.4, 0.5) is 4.39 Å². The molecule has 6 nitrogen and oxygen atoms in total. The van der Waals surface area contributed by atoms with E-state index in [0.29, 0.717) is 5.75 Å². The smallest absolute Gasteiger partial charge is 0.235 e. The van der Waals surface area contributed by atoms with Gasteiger partial charge in [0.15, 0.2) is 0 Å². The molecule has 0 aliphatic rings. The molecule has 0 aliphatic heterocycles. The fourth-order valence-corrected chi connectivity index (χ4v) is 3.38. The number of carbonyl (C=O) groups excluding carboxylic acids is 1. The van der Waals surface area contributed by atoms with Gasteiger partial charge in [-0.05, 0) is 19.1 Å². The minimum Gasteiger partial charge on any atom is -0.496 e. The summed E-state index contributed by atoms with van der Waals surface area (Å²) in [6.07, 6.45) is 0.991. The first-order chi connectivity index (χ1) is 12.7. The van der Waals surface area contributed by atoms with E-state index in [9.17, 15) is 17.6 Å². The number of carbonyl (C=O) groups is 1. The van der Waals surface area contributed by atoms with Gasteiger partial charge in [0, 0.05) is 17.7 Å². The third-order valence-electron chi connectivity index (χ3n) is 4.08. The van der Waals surface area contributed by atoms with Gasteiger partial charge in [-0.15, -0.1) is 0 Å². The molecular weight excluding hydrogens is 371 g/mol. The normalized spacial score (nSPS) is 12.6. The highest BCUT2D eigenvalue weighted by Crippen LogP contribution is 2.24. The molecule has 1 atom stereocenters. The highest BCUT2D eigenvalue weighted by molar-refractivity contribution is 7.88. The summed E-state index contributed by atoms with van der Waals surface area (Å²) >= 11 is 0. The zero-order valence-electron chi connectivity index (χ0n) is 15.5. The van der Waals surface area contributed by atoms with Crippen molar-refractivity contribution in [2.45, 2.75) is 19.5 Å². The molecule has 2 aromatic carbocycles. The molecule has 2 aromatic rings. The summed E-state index contributed by atoms with van der Waals surface area (Å²) in [6, 6.07) is 12.7. The van der Waals surface area contributed by atoms with Gasteiger partial charge in [0.05, 0.1) is 26.0 Å². The van der Waals surface area contributed by atoms with Crippen LogP contribution in [0.2, 0.25) is 0 Å². The number of ether oxygens (including phenoxy) is 1. The predicted molar refractivity (Wildman–Crippen MR) is 101 cm³/mol. The van der Waals surface area contributed by atoms with Gasteiger partial charge >= 0.3 is 0 Å². The van der Waals surface area contributed by atoms with Crippen molar-refractivity contribution in [3.63, 3.8) is 0 Å². The van der Waals surface area contributed by atoms with Crippen molar-refractivity contribution in [1.82, 2.24) is 9.62 Å². The summed E-state index contributed by atoms with van der Waals surface area (Å²) in [7, 11) is -2.17. The van der Waals surface area contributed by atoms with Gasteiger partial charge in [0.25, 0.3) is 0 Å². The number of methoxy groups -OCH3 is 1. The van der Waals surface area contributed by atoms with Crippen LogP contribution in [0.5, 0.6) is 5.75 Å². The lowest BCUT2D eigenvalue weighted by Crippen LogP contribution is -2.40. The summed E-state index contributed by atoms with van der Waals surface area (Å²) in [6.45, 7) is 1.14. The van der Waals surface area contributed by atoms with Gasteiger partial charge in [-0.25, -0.2) is 12.8 Å². The predicted octanol–water partition coefficient (Wildman–Crippen LogP) is 2.47. The monoisotopic (exact) mass is 394 g/mol. The molecule has 8 heteroatoms. The second-order valence-electron chi connectivity index (χ2n) is 6.15. The maximum atomic E-state index is 13.9. The van der Waals surface area contributed by atoms with E-state index in [1.165, 1.54) is 25.3 Å². The molecule has 0 aromatic heterocycles. The van der Waals surface area contributed by atoms with Gasteiger partial charge in [-0.3, -0.25) is 4.79 Å². The van der Waals surface area contributed by atoms with E-state index >= 15 is 0 Å². The number of para-hydroxylation sites is 1. The van der Waals surface area contributed by atoms with Crippen molar-refractivity contribution < 1.29 is 22.3 Å². The van der Waals surface area contributed by atoms with E-state index in [1.54, 1.807) is 19.1 Å². The number of hydrogen-bond donors (Lipinski definition) is 1. The largest absolute Gasteiger partial charge is 0.496 e. The van der Waals surface area contributed by atoms with Gasteiger partial charge < -0.3 is 10.1 Å². The molecule has 1 N–H and O–H groups in total. The van der Waals surface area contributed by atoms with Crippen LogP contribution in [0.25, 0.3) is 0 Å². The van der Waals surface area contributed by atoms with Crippen molar-refractivity contribution in [2.24, 2.45) is 0 Å². The summed E-state index contributed by atoms with van der Waals surface area (Å²) in [5.41, 5.74) is 0.974. The molecule has 0 unspecified atom stereocenters. The quantitative estimate of drug-likeness (QED) is 0.746. The van der Waals surface area contributed by atoms with E-state index in [4.69, 9.17) is 4.74 Å². The zero-order chi connectivity index (χ0) is 20.0. The molecule has 0 spiro atoms. The second kappa shape index (κ2) is 8.96. The zero-order valence-corrected chi connectivity index (χ0v) is 16.3. The van der Waals surface area contributed by atoms with Gasteiger partial charge in [0.1, 0.15) is 11.6 Å². The van der Waals surface area contributed by atoms with E-state index in [2.05, 4.69) is 5.32 Å². The molecule has 146 valence electrons. The number of hydrogen-bond acceptors (Lipinski definition) is 4. The number of nitrogens with one attached hydrogen (secondary N) is 1. The van der Waals surface area contributed by atoms with Gasteiger partial charge in [0.2, 0.25) is 15.9 Å². The van der Waals surface area contributed by atoms with Gasteiger partial charge in [-0.1, -0.05) is 36.4 Å². The van der Waals surface area contributed by atoms with Crippen LogP contribution in [-0.2, 0) is 21.4 Å². The summed E-state index contributed by atoms with van der Waals surface area (Å²) in [5, 5.41) is 2.76. The van der Waals surface area contributed by atoms with Crippen LogP contribution >= 0.6 is 0 Å². The SMILES string of the molecule is COc1ccccc1[C@H](C)NC(=O)CN(Cc1ccccc1F)S(C)(=O)=O. The van der Waals surface area contributed by atoms with Crippen LogP contribution in [-0.4, -0.2) is 38.5 Å². The Balaban J connectivity index is 2.11. The molecule has 0 heterocycles. The highest BCUT2D eigenvalue weighted by Gasteiger charge is 2.23. The Morgan fingerprint density at radius 2 is 1.81 bits per heavy atom. The highest BCUT2D eigenvalue weighted by atomic mass is 32.2. The van der Waals surface area contributed by atoms with E-state index < -0.39 is 28.3 Å². The van der Waals surface area contributed by atoms with E-state index in [1.807, 2.05) is 18.2 Å². The standard InChI is InChI=1S/C19H23FN2O4S/c1-14(16-9-5-7-11-18(16)26-2)21-19(23)13-22(27(3,24)25)12-15-8-4-6-10-17(15)20/h4-11,14H,12-13H2,1-3H3,(H,21,23)/t14-/m0/s1. The molecule has 0 radical (unpaired) electrons. The van der Waals surface area contributed by atoms with Crippen molar-refractivity contribution in [3.05, 3.63) is 65.5 Å². The number of halogens is 1. The third-order valence-corrected chi connectivity index (χ3v) is 5.27. The molecule has 0 bridgehead atoms. The summed E-state index contributed by atoms with van der Waals surface area (Å²) in [4.78, 5) is 12.4. The summed E-state index contributed by atoms with van der Waals surface area (Å²) < 4.78 is 44.2. The fourth-order valence-electron chi connectivity index (χ4n) is 2.66. The lowest BCUT2D eigenvalue weighted by atomic mass is 10.1. The Morgan fingerprint density at radius 1 is 1.19 bits per heavy atom. The average molecular weight is 394 g/mol. The lowest BCUT2D eigenvalue weighted by molar-refractivity contribution is -0.122. The Labute approximate surface area is 159 Å². The van der Waals surface area contributed by atoms with Crippen LogP contribution in [0.3, 0.4) is 0 Å². The van der Waals surface area contributed by atoms with Gasteiger partial charge in [-0.2, -0.15) is 4.31 Å². The average Bonchev–Trinajstić information content (AvgIpc) is 2.62. The Bertz CT molecular complexity index is 902. The molecule has 27 heavy (non-hydrogen) atoms. The molecule has 0 fully saturated rings. The van der Waals surface area contributed by atoms with Crippen LogP contribution in [0.1, 0.15) is 24.1 Å². The number of rotatable bonds is 8. The fraction of sp³-hybridized carbons (Fsp3) is 0.316. The van der Waals surface area contributed by atoms with Crippen molar-refractivity contribution in [2.75, 3.05) is 19.9 Å². The minimum absolute atomic E-state index is 0.202. The Hall–Kier alpha value is -2.45. The third kappa shape index (κ3) is 5.77. The first-order valence-corrected chi connectivity index (χ1v) is 10.2. The van der Waals surface area contributed by atoms with Crippen molar-refractivity contribution in [3.8, 4) is 5.75 Å². The Kier molecular flexibility index (Phi) is 6.92. The van der Waals surface area contributed by atoms with Crippen LogP contribution in [0.15, 0.2) is 48.5 Å². The number of benzene rings is 2. The molecular formula is C19H23FN2O4S. The first-order valence-electron chi connectivity index (χ1n) is 8.33. The lowest BCUT2D eigenvalue weighted by Gasteiger charge is -2.22. The minimum atomic E-state index is -3.71. The van der Waals surface area contributed by atoms with Crippen molar-refractivity contribution >= 4 is 15.9 Å². The van der Waals surface area contributed by atoms with Crippen molar-refractivity contribution in [1.29, 1.82) is 0 Å². The van der Waals surface area contributed by atoms with Crippen LogP contribution in [0, 0.1) is 5.82 Å². The molecule has 0 aliphatic carbocycles. The van der Waals surface area contributed by atoms with E-state index in [0.717, 1.165) is 16.1 Å². The topological polar surface area (TPSA) is 75.7 Å². The number of sulfonamides is 1. The maximum absolute atomic E-state index is 13.9. The molecule has 0 saturated heterocycles. The second-order valence-corrected chi connectivity index (χ2v) is 8.14. The maximum Gasteiger partial charge on any atom is 0.235 e. The molecule has 0 saturated carbocycles. The summed E-state index contributed by atoms with van der Waals surface area (Å²) in [5.74, 6) is -0.388. The molecule has 2 rings (SSSR count). The first kappa shape index (κ1) is 20.9. The number of nitrogens with zero attached hydrogens (tertiary/aromatic N) is 1.